The average Bonchev–Trinajstić information content (AvgIpc) is 2.80. The second-order valence-corrected chi connectivity index (χ2v) is 9.02. The molecule has 0 fully saturated rings. The molecule has 29 heavy (non-hydrogen) atoms. The molecule has 4 aromatic carbocycles. The third-order valence-corrected chi connectivity index (χ3v) is 7.49. The van der Waals surface area contributed by atoms with Crippen molar-refractivity contribution in [3.05, 3.63) is 115 Å². The summed E-state index contributed by atoms with van der Waals surface area (Å²) in [5, 5.41) is 13.1. The van der Waals surface area contributed by atoms with Crippen molar-refractivity contribution < 1.29 is 0 Å². The van der Waals surface area contributed by atoms with E-state index in [1.807, 2.05) is 0 Å². The summed E-state index contributed by atoms with van der Waals surface area (Å²) in [5.41, 5.74) is 3.73. The van der Waals surface area contributed by atoms with Crippen LogP contribution in [0.5, 0.6) is 0 Å². The standard InChI is InChI=1S/C27H22NP/c28-21-11-13-22-12-7-8-18-25(22)26-19-9-10-20-27(26)29(23-14-3-1-4-15-23)24-16-5-2-6-17-24/h1-10,12,14-20H,11,13H2. The molecule has 2 heteroatoms. The molecule has 0 saturated heterocycles. The molecule has 0 spiro atoms. The number of nitrogens with zero attached hydrogens (tertiary/aromatic N) is 1. The Bertz CT molecular complexity index is 1070. The van der Waals surface area contributed by atoms with E-state index in [0.29, 0.717) is 6.42 Å². The van der Waals surface area contributed by atoms with Gasteiger partial charge >= 0.3 is 0 Å². The quantitative estimate of drug-likeness (QED) is 0.394. The highest BCUT2D eigenvalue weighted by atomic mass is 31.1. The van der Waals surface area contributed by atoms with E-state index in [1.54, 1.807) is 0 Å². The largest absolute Gasteiger partial charge is 0.198 e. The lowest BCUT2D eigenvalue weighted by Crippen LogP contribution is -2.22. The Hall–Kier alpha value is -3.20. The summed E-state index contributed by atoms with van der Waals surface area (Å²) in [5.74, 6) is 0. The van der Waals surface area contributed by atoms with Crippen molar-refractivity contribution in [2.75, 3.05) is 0 Å². The highest BCUT2D eigenvalue weighted by molar-refractivity contribution is 7.80. The van der Waals surface area contributed by atoms with Gasteiger partial charge in [-0.05, 0) is 46.9 Å². The van der Waals surface area contributed by atoms with Crippen LogP contribution in [-0.2, 0) is 6.42 Å². The molecule has 0 aliphatic carbocycles. The third kappa shape index (κ3) is 4.29. The number of hydrogen-bond acceptors (Lipinski definition) is 1. The molecule has 0 amide bonds. The van der Waals surface area contributed by atoms with Gasteiger partial charge in [0, 0.05) is 6.42 Å². The Morgan fingerprint density at radius 3 is 1.72 bits per heavy atom. The Labute approximate surface area is 174 Å². The lowest BCUT2D eigenvalue weighted by atomic mass is 9.97. The zero-order valence-corrected chi connectivity index (χ0v) is 17.1. The number of hydrogen-bond donors (Lipinski definition) is 0. The second-order valence-electron chi connectivity index (χ2n) is 6.84. The van der Waals surface area contributed by atoms with E-state index in [0.717, 1.165) is 6.42 Å². The molecule has 0 aromatic heterocycles. The molecule has 0 aliphatic heterocycles. The summed E-state index contributed by atoms with van der Waals surface area (Å²) in [6, 6.07) is 41.1. The molecule has 0 unspecified atom stereocenters. The monoisotopic (exact) mass is 391 g/mol. The second kappa shape index (κ2) is 9.33. The molecule has 1 nitrogen and oxygen atoms in total. The number of rotatable bonds is 6. The molecule has 0 bridgehead atoms. The normalized spacial score (nSPS) is 10.6. The van der Waals surface area contributed by atoms with Gasteiger partial charge in [-0.15, -0.1) is 0 Å². The minimum Gasteiger partial charge on any atom is -0.198 e. The van der Waals surface area contributed by atoms with Crippen LogP contribution in [0, 0.1) is 11.3 Å². The smallest absolute Gasteiger partial charge is 0.0625 e. The Balaban J connectivity index is 1.90. The Morgan fingerprint density at radius 2 is 1.10 bits per heavy atom. The van der Waals surface area contributed by atoms with Crippen molar-refractivity contribution in [1.82, 2.24) is 0 Å². The molecule has 0 radical (unpaired) electrons. The first-order valence-electron chi connectivity index (χ1n) is 9.83. The van der Waals surface area contributed by atoms with Crippen molar-refractivity contribution in [3.63, 3.8) is 0 Å². The Morgan fingerprint density at radius 1 is 0.586 bits per heavy atom. The van der Waals surface area contributed by atoms with E-state index >= 15 is 0 Å². The van der Waals surface area contributed by atoms with E-state index in [1.165, 1.54) is 32.6 Å². The van der Waals surface area contributed by atoms with Gasteiger partial charge in [0.2, 0.25) is 0 Å². The van der Waals surface area contributed by atoms with Crippen molar-refractivity contribution in [1.29, 1.82) is 5.26 Å². The first-order valence-corrected chi connectivity index (χ1v) is 11.2. The van der Waals surface area contributed by atoms with Gasteiger partial charge in [0.25, 0.3) is 0 Å². The summed E-state index contributed by atoms with van der Waals surface area (Å²) in [7, 11) is -0.681. The fourth-order valence-corrected chi connectivity index (χ4v) is 6.14. The number of benzene rings is 4. The lowest BCUT2D eigenvalue weighted by Gasteiger charge is -2.23. The van der Waals surface area contributed by atoms with Gasteiger partial charge < -0.3 is 0 Å². The summed E-state index contributed by atoms with van der Waals surface area (Å²) in [6.07, 6.45) is 1.31. The lowest BCUT2D eigenvalue weighted by molar-refractivity contribution is 1.01. The van der Waals surface area contributed by atoms with E-state index in [9.17, 15) is 0 Å². The van der Waals surface area contributed by atoms with Crippen LogP contribution in [0.4, 0.5) is 0 Å². The van der Waals surface area contributed by atoms with Crippen LogP contribution in [0.25, 0.3) is 11.1 Å². The molecule has 4 aromatic rings. The van der Waals surface area contributed by atoms with E-state index in [2.05, 4.69) is 115 Å². The molecular formula is C27H22NP. The van der Waals surface area contributed by atoms with Crippen LogP contribution >= 0.6 is 7.92 Å². The zero-order valence-electron chi connectivity index (χ0n) is 16.2. The number of aryl methyl sites for hydroxylation is 1. The molecule has 0 heterocycles. The Kier molecular flexibility index (Phi) is 6.16. The molecule has 0 aliphatic rings. The van der Waals surface area contributed by atoms with Crippen LogP contribution in [0.1, 0.15) is 12.0 Å². The highest BCUT2D eigenvalue weighted by Crippen LogP contribution is 2.37. The average molecular weight is 391 g/mol. The fraction of sp³-hybridized carbons (Fsp3) is 0.0741. The van der Waals surface area contributed by atoms with Gasteiger partial charge in [-0.3, -0.25) is 0 Å². The van der Waals surface area contributed by atoms with Crippen molar-refractivity contribution >= 4 is 23.8 Å². The van der Waals surface area contributed by atoms with Crippen molar-refractivity contribution in [2.24, 2.45) is 0 Å². The minimum atomic E-state index is -0.681. The first-order chi connectivity index (χ1) is 14.4. The minimum absolute atomic E-state index is 0.533. The summed E-state index contributed by atoms with van der Waals surface area (Å²) in [6.45, 7) is 0. The molecule has 0 atom stereocenters. The van der Waals surface area contributed by atoms with Gasteiger partial charge in [0.05, 0.1) is 6.07 Å². The topological polar surface area (TPSA) is 23.8 Å². The summed E-state index contributed by atoms with van der Waals surface area (Å²) in [4.78, 5) is 0. The highest BCUT2D eigenvalue weighted by Gasteiger charge is 2.20. The summed E-state index contributed by atoms with van der Waals surface area (Å²) >= 11 is 0. The third-order valence-electron chi connectivity index (χ3n) is 4.99. The van der Waals surface area contributed by atoms with Gasteiger partial charge in [-0.25, -0.2) is 0 Å². The van der Waals surface area contributed by atoms with Crippen LogP contribution in [0.2, 0.25) is 0 Å². The predicted molar refractivity (Wildman–Crippen MR) is 125 cm³/mol. The SMILES string of the molecule is N#CCCc1ccccc1-c1ccccc1P(c1ccccc1)c1ccccc1. The van der Waals surface area contributed by atoms with Crippen LogP contribution in [0.15, 0.2) is 109 Å². The van der Waals surface area contributed by atoms with E-state index in [4.69, 9.17) is 5.26 Å². The van der Waals surface area contributed by atoms with Crippen molar-refractivity contribution in [3.8, 4) is 17.2 Å². The van der Waals surface area contributed by atoms with Gasteiger partial charge in [-0.1, -0.05) is 109 Å². The molecular weight excluding hydrogens is 369 g/mol. The van der Waals surface area contributed by atoms with Crippen LogP contribution < -0.4 is 15.9 Å². The number of nitriles is 1. The maximum atomic E-state index is 9.08. The van der Waals surface area contributed by atoms with E-state index in [-0.39, 0.29) is 0 Å². The van der Waals surface area contributed by atoms with Crippen molar-refractivity contribution in [2.45, 2.75) is 12.8 Å². The fourth-order valence-electron chi connectivity index (χ4n) is 3.67. The predicted octanol–water partition coefficient (Wildman–Crippen LogP) is 5.57. The first kappa shape index (κ1) is 19.1. The van der Waals surface area contributed by atoms with Crippen LogP contribution in [0.3, 0.4) is 0 Å². The van der Waals surface area contributed by atoms with Gasteiger partial charge in [0.1, 0.15) is 0 Å². The molecule has 4 rings (SSSR count). The van der Waals surface area contributed by atoms with Crippen LogP contribution in [-0.4, -0.2) is 0 Å². The molecule has 140 valence electrons. The molecule has 0 saturated carbocycles. The zero-order chi connectivity index (χ0) is 19.9. The van der Waals surface area contributed by atoms with Gasteiger partial charge in [0.15, 0.2) is 0 Å². The maximum Gasteiger partial charge on any atom is 0.0625 e. The van der Waals surface area contributed by atoms with Gasteiger partial charge in [-0.2, -0.15) is 5.26 Å². The summed E-state index contributed by atoms with van der Waals surface area (Å²) < 4.78 is 0. The molecule has 0 N–H and O–H groups in total. The maximum absolute atomic E-state index is 9.08. The van der Waals surface area contributed by atoms with E-state index < -0.39 is 7.92 Å².